The predicted molar refractivity (Wildman–Crippen MR) is 88.2 cm³/mol. The van der Waals surface area contributed by atoms with Gasteiger partial charge in [0.15, 0.2) is 6.10 Å². The Hall–Kier alpha value is -2.81. The van der Waals surface area contributed by atoms with Gasteiger partial charge in [-0.2, -0.15) is 0 Å². The first-order chi connectivity index (χ1) is 11.3. The van der Waals surface area contributed by atoms with E-state index in [-0.39, 0.29) is 11.4 Å². The highest BCUT2D eigenvalue weighted by Crippen LogP contribution is 2.20. The Bertz CT molecular complexity index is 802. The molecule has 126 valence electrons. The summed E-state index contributed by atoms with van der Waals surface area (Å²) in [5.74, 6) is -1.21. The van der Waals surface area contributed by atoms with Crippen LogP contribution in [0, 0.1) is 24.0 Å². The van der Waals surface area contributed by atoms with E-state index in [1.165, 1.54) is 42.5 Å². The van der Waals surface area contributed by atoms with Crippen molar-refractivity contribution in [3.05, 3.63) is 50.0 Å². The number of nitrogens with one attached hydrogen (secondary N) is 1. The second-order valence-electron chi connectivity index (χ2n) is 4.99. The number of carbonyl (C=O) groups excluding carboxylic acids is 2. The molecule has 0 bridgehead atoms. The quantitative estimate of drug-likeness (QED) is 0.505. The van der Waals surface area contributed by atoms with E-state index in [9.17, 15) is 19.7 Å². The van der Waals surface area contributed by atoms with Gasteiger partial charge in [-0.05, 0) is 26.8 Å². The summed E-state index contributed by atoms with van der Waals surface area (Å²) in [5, 5.41) is 13.9. The Morgan fingerprint density at radius 2 is 2.08 bits per heavy atom. The first-order valence-electron chi connectivity index (χ1n) is 6.98. The van der Waals surface area contributed by atoms with E-state index in [1.807, 2.05) is 0 Å². The minimum absolute atomic E-state index is 0.145. The maximum Gasteiger partial charge on any atom is 0.351 e. The van der Waals surface area contributed by atoms with Gasteiger partial charge in [-0.15, -0.1) is 11.3 Å². The Labute approximate surface area is 141 Å². The predicted octanol–water partition coefficient (Wildman–Crippen LogP) is 2.85. The molecule has 1 N–H and O–H groups in total. The summed E-state index contributed by atoms with van der Waals surface area (Å²) in [7, 11) is 0. The van der Waals surface area contributed by atoms with Gasteiger partial charge < -0.3 is 10.1 Å². The number of anilines is 1. The lowest BCUT2D eigenvalue weighted by Crippen LogP contribution is -2.30. The van der Waals surface area contributed by atoms with Crippen LogP contribution in [-0.4, -0.2) is 27.9 Å². The van der Waals surface area contributed by atoms with Crippen molar-refractivity contribution in [2.24, 2.45) is 0 Å². The molecule has 8 nitrogen and oxygen atoms in total. The van der Waals surface area contributed by atoms with Crippen LogP contribution in [0.5, 0.6) is 0 Å². The smallest absolute Gasteiger partial charge is 0.351 e. The van der Waals surface area contributed by atoms with E-state index in [0.29, 0.717) is 10.6 Å². The highest BCUT2D eigenvalue weighted by atomic mass is 32.1. The average Bonchev–Trinajstić information content (AvgIpc) is 2.86. The molecule has 0 radical (unpaired) electrons. The van der Waals surface area contributed by atoms with Crippen molar-refractivity contribution in [2.75, 3.05) is 5.32 Å². The molecule has 0 unspecified atom stereocenters. The molecule has 2 rings (SSSR count). The summed E-state index contributed by atoms with van der Waals surface area (Å²) in [5.41, 5.74) is 0.656. The molecule has 0 fully saturated rings. The van der Waals surface area contributed by atoms with Crippen LogP contribution in [0.3, 0.4) is 0 Å². The summed E-state index contributed by atoms with van der Waals surface area (Å²) < 4.78 is 5.13. The number of hydrogen-bond acceptors (Lipinski definition) is 7. The number of hydrogen-bond donors (Lipinski definition) is 1. The van der Waals surface area contributed by atoms with Gasteiger partial charge in [0, 0.05) is 17.8 Å². The van der Waals surface area contributed by atoms with Crippen LogP contribution in [0.2, 0.25) is 0 Å². The molecule has 1 heterocycles. The number of amides is 1. The standard InChI is InChI=1S/C15H15N3O5S/c1-8-13(24-10(3)16-8)15(20)23-9(2)14(19)17-11-5-4-6-12(7-11)18(21)22/h4-7,9H,1-3H3,(H,17,19)/t9-/m1/s1. The molecule has 0 saturated heterocycles. The molecule has 1 amide bonds. The molecule has 1 aromatic carbocycles. The minimum Gasteiger partial charge on any atom is -0.448 e. The van der Waals surface area contributed by atoms with Gasteiger partial charge in [-0.3, -0.25) is 14.9 Å². The van der Waals surface area contributed by atoms with Gasteiger partial charge >= 0.3 is 5.97 Å². The summed E-state index contributed by atoms with van der Waals surface area (Å²) in [6, 6.07) is 5.50. The molecule has 1 atom stereocenters. The molecule has 24 heavy (non-hydrogen) atoms. The lowest BCUT2D eigenvalue weighted by molar-refractivity contribution is -0.384. The van der Waals surface area contributed by atoms with E-state index in [1.54, 1.807) is 13.8 Å². The van der Waals surface area contributed by atoms with Crippen LogP contribution in [0.1, 0.15) is 27.3 Å². The maximum atomic E-state index is 12.1. The van der Waals surface area contributed by atoms with Gasteiger partial charge in [0.25, 0.3) is 11.6 Å². The third kappa shape index (κ3) is 4.13. The largest absolute Gasteiger partial charge is 0.448 e. The lowest BCUT2D eigenvalue weighted by atomic mass is 10.2. The minimum atomic E-state index is -1.06. The van der Waals surface area contributed by atoms with Crippen molar-refractivity contribution < 1.29 is 19.2 Å². The number of thiazole rings is 1. The van der Waals surface area contributed by atoms with Gasteiger partial charge in [0.2, 0.25) is 0 Å². The molecule has 0 aliphatic rings. The molecule has 1 aromatic heterocycles. The monoisotopic (exact) mass is 349 g/mol. The molecular weight excluding hydrogens is 334 g/mol. The number of rotatable bonds is 5. The van der Waals surface area contributed by atoms with Crippen LogP contribution in [0.15, 0.2) is 24.3 Å². The number of nitrogens with zero attached hydrogens (tertiary/aromatic N) is 2. The van der Waals surface area contributed by atoms with Crippen molar-refractivity contribution in [1.29, 1.82) is 0 Å². The summed E-state index contributed by atoms with van der Waals surface area (Å²) >= 11 is 1.19. The molecule has 2 aromatic rings. The van der Waals surface area contributed by atoms with E-state index < -0.39 is 22.9 Å². The topological polar surface area (TPSA) is 111 Å². The number of nitro groups is 1. The number of nitro benzene ring substituents is 1. The molecule has 0 saturated carbocycles. The van der Waals surface area contributed by atoms with Crippen LogP contribution >= 0.6 is 11.3 Å². The first-order valence-corrected chi connectivity index (χ1v) is 7.80. The molecular formula is C15H15N3O5S. The fraction of sp³-hybridized carbons (Fsp3) is 0.267. The van der Waals surface area contributed by atoms with Crippen LogP contribution in [0.25, 0.3) is 0 Å². The maximum absolute atomic E-state index is 12.1. The normalized spacial score (nSPS) is 11.6. The third-order valence-corrected chi connectivity index (χ3v) is 4.12. The van der Waals surface area contributed by atoms with E-state index in [0.717, 1.165) is 5.01 Å². The highest BCUT2D eigenvalue weighted by molar-refractivity contribution is 7.13. The first kappa shape index (κ1) is 17.5. The van der Waals surface area contributed by atoms with Gasteiger partial charge in [-0.1, -0.05) is 6.07 Å². The molecule has 9 heteroatoms. The zero-order chi connectivity index (χ0) is 17.9. The number of ether oxygens (including phenoxy) is 1. The molecule has 0 aliphatic heterocycles. The zero-order valence-corrected chi connectivity index (χ0v) is 14.0. The number of aryl methyl sites for hydroxylation is 2. The Morgan fingerprint density at radius 3 is 2.67 bits per heavy atom. The van der Waals surface area contributed by atoms with Crippen molar-refractivity contribution in [3.8, 4) is 0 Å². The van der Waals surface area contributed by atoms with Crippen molar-refractivity contribution in [1.82, 2.24) is 4.98 Å². The summed E-state index contributed by atoms with van der Waals surface area (Å²) in [6.07, 6.45) is -1.06. The van der Waals surface area contributed by atoms with Crippen molar-refractivity contribution in [3.63, 3.8) is 0 Å². The zero-order valence-electron chi connectivity index (χ0n) is 13.2. The van der Waals surface area contributed by atoms with Crippen LogP contribution in [-0.2, 0) is 9.53 Å². The lowest BCUT2D eigenvalue weighted by Gasteiger charge is -2.13. The van der Waals surface area contributed by atoms with Gasteiger partial charge in [-0.25, -0.2) is 9.78 Å². The van der Waals surface area contributed by atoms with Crippen LogP contribution < -0.4 is 5.32 Å². The summed E-state index contributed by atoms with van der Waals surface area (Å²) in [6.45, 7) is 4.88. The fourth-order valence-corrected chi connectivity index (χ4v) is 2.73. The second-order valence-corrected chi connectivity index (χ2v) is 6.19. The Kier molecular flexibility index (Phi) is 5.24. The SMILES string of the molecule is Cc1nc(C)c(C(=O)O[C@H](C)C(=O)Nc2cccc([N+](=O)[O-])c2)s1. The third-order valence-electron chi connectivity index (χ3n) is 3.07. The van der Waals surface area contributed by atoms with Gasteiger partial charge in [0.05, 0.1) is 15.6 Å². The number of aromatic nitrogens is 1. The second kappa shape index (κ2) is 7.18. The molecule has 0 spiro atoms. The number of benzene rings is 1. The average molecular weight is 349 g/mol. The number of carbonyl (C=O) groups is 2. The summed E-state index contributed by atoms with van der Waals surface area (Å²) in [4.78, 5) is 38.8. The van der Waals surface area contributed by atoms with Crippen molar-refractivity contribution in [2.45, 2.75) is 26.9 Å². The van der Waals surface area contributed by atoms with Crippen LogP contribution in [0.4, 0.5) is 11.4 Å². The highest BCUT2D eigenvalue weighted by Gasteiger charge is 2.22. The van der Waals surface area contributed by atoms with Gasteiger partial charge in [0.1, 0.15) is 4.88 Å². The van der Waals surface area contributed by atoms with E-state index in [4.69, 9.17) is 4.74 Å². The van der Waals surface area contributed by atoms with E-state index in [2.05, 4.69) is 10.3 Å². The van der Waals surface area contributed by atoms with Crippen molar-refractivity contribution >= 4 is 34.6 Å². The fourth-order valence-electron chi connectivity index (χ4n) is 1.93. The Balaban J connectivity index is 2.02. The number of esters is 1. The Morgan fingerprint density at radius 1 is 1.38 bits per heavy atom. The number of non-ortho nitro benzene ring substituents is 1. The van der Waals surface area contributed by atoms with E-state index >= 15 is 0 Å². The molecule has 0 aliphatic carbocycles.